The summed E-state index contributed by atoms with van der Waals surface area (Å²) < 4.78 is 5.87. The van der Waals surface area contributed by atoms with E-state index in [1.54, 1.807) is 0 Å². The highest BCUT2D eigenvalue weighted by molar-refractivity contribution is 5.67. The third-order valence-electron chi connectivity index (χ3n) is 4.46. The fraction of sp³-hybridized carbons (Fsp3) is 0.667. The molecule has 1 N–H and O–H groups in total. The molecule has 0 spiro atoms. The van der Waals surface area contributed by atoms with Gasteiger partial charge in [0.15, 0.2) is 0 Å². The van der Waals surface area contributed by atoms with Gasteiger partial charge in [0.1, 0.15) is 5.82 Å². The van der Waals surface area contributed by atoms with E-state index in [9.17, 15) is 4.79 Å². The van der Waals surface area contributed by atoms with Crippen molar-refractivity contribution in [1.82, 2.24) is 9.97 Å². The first kappa shape index (κ1) is 13.5. The van der Waals surface area contributed by atoms with Crippen molar-refractivity contribution in [2.75, 3.05) is 0 Å². The monoisotopic (exact) mass is 276 g/mol. The van der Waals surface area contributed by atoms with Crippen LogP contribution in [0.4, 0.5) is 0 Å². The van der Waals surface area contributed by atoms with E-state index in [4.69, 9.17) is 9.84 Å². The van der Waals surface area contributed by atoms with Gasteiger partial charge in [-0.2, -0.15) is 0 Å². The van der Waals surface area contributed by atoms with E-state index in [-0.39, 0.29) is 12.5 Å². The van der Waals surface area contributed by atoms with Gasteiger partial charge in [-0.25, -0.2) is 9.97 Å². The van der Waals surface area contributed by atoms with Crippen LogP contribution in [0.3, 0.4) is 0 Å². The molecule has 1 aromatic heterocycles. The van der Waals surface area contributed by atoms with Crippen LogP contribution >= 0.6 is 0 Å². The fourth-order valence-electron chi connectivity index (χ4n) is 3.43. The molecule has 2 saturated heterocycles. The molecule has 3 unspecified atom stereocenters. The van der Waals surface area contributed by atoms with Crippen molar-refractivity contribution < 1.29 is 14.6 Å². The van der Waals surface area contributed by atoms with Gasteiger partial charge in [-0.15, -0.1) is 0 Å². The summed E-state index contributed by atoms with van der Waals surface area (Å²) in [5.41, 5.74) is 2.80. The predicted octanol–water partition coefficient (Wildman–Crippen LogP) is 2.15. The van der Waals surface area contributed by atoms with Gasteiger partial charge >= 0.3 is 5.97 Å². The smallest absolute Gasteiger partial charge is 0.303 e. The molecule has 0 aliphatic carbocycles. The second kappa shape index (κ2) is 5.13. The fourth-order valence-corrected chi connectivity index (χ4v) is 3.43. The lowest BCUT2D eigenvalue weighted by Gasteiger charge is -2.19. The van der Waals surface area contributed by atoms with Crippen molar-refractivity contribution in [3.63, 3.8) is 0 Å². The quantitative estimate of drug-likeness (QED) is 0.912. The standard InChI is InChI=1S/C15H20N2O3/c1-8-11(4-6-14(18)19)9(2)17-15(16-8)12-7-10-3-5-13(12)20-10/h10,12-13H,3-7H2,1-2H3,(H,18,19). The molecule has 1 aromatic rings. The van der Waals surface area contributed by atoms with E-state index >= 15 is 0 Å². The Hall–Kier alpha value is -1.49. The largest absolute Gasteiger partial charge is 0.481 e. The van der Waals surface area contributed by atoms with Crippen molar-refractivity contribution in [2.24, 2.45) is 0 Å². The molecule has 108 valence electrons. The van der Waals surface area contributed by atoms with Gasteiger partial charge in [0.25, 0.3) is 0 Å². The van der Waals surface area contributed by atoms with Gasteiger partial charge in [-0.05, 0) is 45.1 Å². The molecule has 2 aliphatic heterocycles. The van der Waals surface area contributed by atoms with Crippen LogP contribution in [-0.4, -0.2) is 33.3 Å². The molecule has 5 heteroatoms. The van der Waals surface area contributed by atoms with E-state index in [0.717, 1.165) is 42.0 Å². The Morgan fingerprint density at radius 3 is 2.50 bits per heavy atom. The summed E-state index contributed by atoms with van der Waals surface area (Å²) in [5, 5.41) is 8.80. The maximum atomic E-state index is 10.7. The minimum absolute atomic E-state index is 0.127. The van der Waals surface area contributed by atoms with E-state index in [1.165, 1.54) is 0 Å². The number of hydrogen-bond acceptors (Lipinski definition) is 4. The lowest BCUT2D eigenvalue weighted by atomic mass is 9.88. The summed E-state index contributed by atoms with van der Waals surface area (Å²) in [4.78, 5) is 20.0. The van der Waals surface area contributed by atoms with Crippen LogP contribution < -0.4 is 0 Å². The van der Waals surface area contributed by atoms with Crippen molar-refractivity contribution in [3.8, 4) is 0 Å². The van der Waals surface area contributed by atoms with Crippen molar-refractivity contribution >= 4 is 5.97 Å². The summed E-state index contributed by atoms with van der Waals surface area (Å²) in [5.74, 6) is 0.417. The summed E-state index contributed by atoms with van der Waals surface area (Å²) in [6.45, 7) is 3.90. The van der Waals surface area contributed by atoms with Crippen molar-refractivity contribution in [3.05, 3.63) is 22.8 Å². The molecule has 5 nitrogen and oxygen atoms in total. The van der Waals surface area contributed by atoms with E-state index in [2.05, 4.69) is 9.97 Å². The minimum Gasteiger partial charge on any atom is -0.481 e. The number of carbonyl (C=O) groups is 1. The van der Waals surface area contributed by atoms with Gasteiger partial charge in [0.2, 0.25) is 0 Å². The van der Waals surface area contributed by atoms with E-state index in [0.29, 0.717) is 18.4 Å². The zero-order chi connectivity index (χ0) is 14.3. The maximum Gasteiger partial charge on any atom is 0.303 e. The second-order valence-electron chi connectivity index (χ2n) is 5.84. The molecule has 3 atom stereocenters. The highest BCUT2D eigenvalue weighted by Gasteiger charge is 2.43. The van der Waals surface area contributed by atoms with Gasteiger partial charge in [0, 0.05) is 23.7 Å². The number of nitrogens with zero attached hydrogens (tertiary/aromatic N) is 2. The number of aryl methyl sites for hydroxylation is 2. The Balaban J connectivity index is 1.82. The van der Waals surface area contributed by atoms with E-state index < -0.39 is 5.97 Å². The molecule has 2 aliphatic rings. The lowest BCUT2D eigenvalue weighted by molar-refractivity contribution is -0.136. The van der Waals surface area contributed by atoms with Gasteiger partial charge in [-0.1, -0.05) is 0 Å². The SMILES string of the molecule is Cc1nc(C2CC3CCC2O3)nc(C)c1CCC(=O)O. The van der Waals surface area contributed by atoms with Crippen LogP contribution in [0.1, 0.15) is 54.4 Å². The predicted molar refractivity (Wildman–Crippen MR) is 72.7 cm³/mol. The third kappa shape index (κ3) is 2.42. The number of hydrogen-bond donors (Lipinski definition) is 1. The zero-order valence-corrected chi connectivity index (χ0v) is 11.9. The molecule has 0 amide bonds. The average Bonchev–Trinajstić information content (AvgIpc) is 2.99. The summed E-state index contributed by atoms with van der Waals surface area (Å²) in [7, 11) is 0. The number of rotatable bonds is 4. The Bertz CT molecular complexity index is 521. The average molecular weight is 276 g/mol. The van der Waals surface area contributed by atoms with Crippen LogP contribution in [-0.2, 0) is 16.0 Å². The van der Waals surface area contributed by atoms with Crippen LogP contribution in [0.15, 0.2) is 0 Å². The first-order valence-electron chi connectivity index (χ1n) is 7.26. The molecule has 3 heterocycles. The molecule has 0 radical (unpaired) electrons. The molecule has 2 bridgehead atoms. The first-order chi connectivity index (χ1) is 9.54. The summed E-state index contributed by atoms with van der Waals surface area (Å²) in [6, 6.07) is 0. The molecule has 2 fully saturated rings. The number of ether oxygens (including phenoxy) is 1. The number of carboxylic acids is 1. The molecule has 0 aromatic carbocycles. The zero-order valence-electron chi connectivity index (χ0n) is 11.9. The summed E-state index contributed by atoms with van der Waals surface area (Å²) >= 11 is 0. The second-order valence-corrected chi connectivity index (χ2v) is 5.84. The molecule has 20 heavy (non-hydrogen) atoms. The van der Waals surface area contributed by atoms with Crippen LogP contribution in [0.25, 0.3) is 0 Å². The van der Waals surface area contributed by atoms with Crippen molar-refractivity contribution in [1.29, 1.82) is 0 Å². The van der Waals surface area contributed by atoms with Gasteiger partial charge < -0.3 is 9.84 Å². The van der Waals surface area contributed by atoms with Gasteiger partial charge in [-0.3, -0.25) is 4.79 Å². The lowest BCUT2D eigenvalue weighted by Crippen LogP contribution is -2.19. The molecular weight excluding hydrogens is 256 g/mol. The highest BCUT2D eigenvalue weighted by Crippen LogP contribution is 2.43. The van der Waals surface area contributed by atoms with Crippen LogP contribution in [0.5, 0.6) is 0 Å². The Labute approximate surface area is 118 Å². The molecular formula is C15H20N2O3. The topological polar surface area (TPSA) is 72.3 Å². The van der Waals surface area contributed by atoms with Gasteiger partial charge in [0.05, 0.1) is 12.2 Å². The van der Waals surface area contributed by atoms with E-state index in [1.807, 2.05) is 13.8 Å². The van der Waals surface area contributed by atoms with Crippen LogP contribution in [0, 0.1) is 13.8 Å². The van der Waals surface area contributed by atoms with Crippen molar-refractivity contribution in [2.45, 2.75) is 64.1 Å². The maximum absolute atomic E-state index is 10.7. The third-order valence-corrected chi connectivity index (χ3v) is 4.46. The summed E-state index contributed by atoms with van der Waals surface area (Å²) in [6.07, 6.45) is 4.60. The Morgan fingerprint density at radius 2 is 2.00 bits per heavy atom. The number of aromatic nitrogens is 2. The normalized spacial score (nSPS) is 28.0. The first-order valence-corrected chi connectivity index (χ1v) is 7.26. The molecule has 0 saturated carbocycles. The van der Waals surface area contributed by atoms with Crippen LogP contribution in [0.2, 0.25) is 0 Å². The number of fused-ring (bicyclic) bond motifs is 2. The molecule has 3 rings (SSSR count). The Morgan fingerprint density at radius 1 is 1.30 bits per heavy atom. The Kier molecular flexibility index (Phi) is 3.46. The minimum atomic E-state index is -0.783. The number of aliphatic carboxylic acids is 1. The number of carboxylic acid groups (broad SMARTS) is 1. The highest BCUT2D eigenvalue weighted by atomic mass is 16.5.